The number of likely N-dealkylation sites (tertiary alicyclic amines) is 1. The van der Waals surface area contributed by atoms with Crippen molar-refractivity contribution in [3.63, 3.8) is 0 Å². The van der Waals surface area contributed by atoms with E-state index in [1.165, 1.54) is 60.6 Å². The van der Waals surface area contributed by atoms with E-state index in [2.05, 4.69) is 4.90 Å². The van der Waals surface area contributed by atoms with Gasteiger partial charge in [0.1, 0.15) is 23.9 Å². The number of carbonyl (C=O) groups is 1. The second kappa shape index (κ2) is 11.7. The largest absolute Gasteiger partial charge is 0.508 e. The van der Waals surface area contributed by atoms with Gasteiger partial charge in [0.2, 0.25) is 0 Å². The number of carbonyl (C=O) groups excluding carboxylic acids is 1. The molecular weight excluding hydrogens is 443 g/mol. The molecule has 0 spiro atoms. The highest BCUT2D eigenvalue weighted by molar-refractivity contribution is 6.10. The highest BCUT2D eigenvalue weighted by Gasteiger charge is 2.20. The van der Waals surface area contributed by atoms with Gasteiger partial charge in [-0.25, -0.2) is 4.39 Å². The lowest BCUT2D eigenvalue weighted by atomic mass is 10.1. The van der Waals surface area contributed by atoms with Gasteiger partial charge in [-0.15, -0.1) is 12.4 Å². The Kier molecular flexibility index (Phi) is 8.69. The molecule has 1 N–H and O–H groups in total. The zero-order chi connectivity index (χ0) is 22.3. The molecular formula is C26H28ClFN2O3. The van der Waals surface area contributed by atoms with Crippen molar-refractivity contribution in [1.29, 1.82) is 0 Å². The van der Waals surface area contributed by atoms with Crippen LogP contribution < -0.4 is 9.64 Å². The van der Waals surface area contributed by atoms with Gasteiger partial charge in [0.25, 0.3) is 5.91 Å². The molecule has 3 aromatic rings. The summed E-state index contributed by atoms with van der Waals surface area (Å²) in [6.07, 6.45) is 3.82. The molecule has 0 radical (unpaired) electrons. The Bertz CT molecular complexity index is 1020. The SMILES string of the molecule is Cl.O=C(c1ccc(F)cc1)N(c1ccc(O)cc1)c1ccc(OCCN2CCCCC2)cc1. The molecule has 1 aliphatic rings. The van der Waals surface area contributed by atoms with Crippen molar-refractivity contribution in [3.05, 3.63) is 84.2 Å². The number of amides is 1. The van der Waals surface area contributed by atoms with Crippen molar-refractivity contribution < 1.29 is 19.0 Å². The van der Waals surface area contributed by atoms with Crippen molar-refractivity contribution in [3.8, 4) is 11.5 Å². The zero-order valence-corrected chi connectivity index (χ0v) is 19.1. The van der Waals surface area contributed by atoms with E-state index in [1.54, 1.807) is 12.1 Å². The molecule has 1 fully saturated rings. The zero-order valence-electron chi connectivity index (χ0n) is 18.3. The summed E-state index contributed by atoms with van der Waals surface area (Å²) in [5.41, 5.74) is 1.60. The van der Waals surface area contributed by atoms with Crippen LogP contribution in [-0.2, 0) is 0 Å². The lowest BCUT2D eigenvalue weighted by Gasteiger charge is -2.26. The molecule has 33 heavy (non-hydrogen) atoms. The lowest BCUT2D eigenvalue weighted by Crippen LogP contribution is -2.33. The molecule has 0 atom stereocenters. The number of benzene rings is 3. The Morgan fingerprint density at radius 2 is 1.45 bits per heavy atom. The maximum atomic E-state index is 13.3. The molecule has 3 aromatic carbocycles. The van der Waals surface area contributed by atoms with Crippen molar-refractivity contribution in [2.75, 3.05) is 31.1 Å². The van der Waals surface area contributed by atoms with E-state index in [0.717, 1.165) is 25.4 Å². The van der Waals surface area contributed by atoms with Crippen molar-refractivity contribution >= 4 is 29.7 Å². The van der Waals surface area contributed by atoms with Gasteiger partial charge in [0, 0.05) is 23.5 Å². The van der Waals surface area contributed by atoms with Crippen LogP contribution in [0.25, 0.3) is 0 Å². The van der Waals surface area contributed by atoms with Gasteiger partial charge in [0.05, 0.1) is 0 Å². The maximum Gasteiger partial charge on any atom is 0.262 e. The number of piperidine rings is 1. The van der Waals surface area contributed by atoms with Crippen LogP contribution in [0.15, 0.2) is 72.8 Å². The van der Waals surface area contributed by atoms with Crippen LogP contribution >= 0.6 is 12.4 Å². The molecule has 174 valence electrons. The number of hydrogen-bond acceptors (Lipinski definition) is 4. The number of ether oxygens (including phenoxy) is 1. The molecule has 0 bridgehead atoms. The number of halogens is 2. The second-order valence-corrected chi connectivity index (χ2v) is 7.91. The van der Waals surface area contributed by atoms with Crippen LogP contribution in [0.3, 0.4) is 0 Å². The number of nitrogens with zero attached hydrogens (tertiary/aromatic N) is 2. The maximum absolute atomic E-state index is 13.3. The third-order valence-electron chi connectivity index (χ3n) is 5.62. The van der Waals surface area contributed by atoms with Crippen LogP contribution in [0.1, 0.15) is 29.6 Å². The van der Waals surface area contributed by atoms with Crippen LogP contribution in [0.4, 0.5) is 15.8 Å². The van der Waals surface area contributed by atoms with Crippen molar-refractivity contribution in [2.24, 2.45) is 0 Å². The highest BCUT2D eigenvalue weighted by Crippen LogP contribution is 2.30. The first-order chi connectivity index (χ1) is 15.6. The summed E-state index contributed by atoms with van der Waals surface area (Å²) >= 11 is 0. The molecule has 1 heterocycles. The minimum atomic E-state index is -0.399. The third-order valence-corrected chi connectivity index (χ3v) is 5.62. The Labute approximate surface area is 199 Å². The number of phenolic OH excluding ortho intramolecular Hbond substituents is 1. The van der Waals surface area contributed by atoms with Crippen molar-refractivity contribution in [2.45, 2.75) is 19.3 Å². The molecule has 1 amide bonds. The predicted octanol–water partition coefficient (Wildman–Crippen LogP) is 5.80. The smallest absolute Gasteiger partial charge is 0.262 e. The Morgan fingerprint density at radius 1 is 0.879 bits per heavy atom. The van der Waals surface area contributed by atoms with Gasteiger partial charge in [-0.3, -0.25) is 14.6 Å². The van der Waals surface area contributed by atoms with Crippen LogP contribution in [0, 0.1) is 5.82 Å². The fourth-order valence-corrected chi connectivity index (χ4v) is 3.87. The van der Waals surface area contributed by atoms with E-state index >= 15 is 0 Å². The van der Waals surface area contributed by atoms with Gasteiger partial charge >= 0.3 is 0 Å². The molecule has 1 aliphatic heterocycles. The first-order valence-corrected chi connectivity index (χ1v) is 10.9. The number of phenols is 1. The molecule has 0 unspecified atom stereocenters. The fraction of sp³-hybridized carbons (Fsp3) is 0.269. The monoisotopic (exact) mass is 470 g/mol. The van der Waals surface area contributed by atoms with E-state index in [4.69, 9.17) is 4.74 Å². The van der Waals surface area contributed by atoms with Gasteiger partial charge in [-0.2, -0.15) is 0 Å². The van der Waals surface area contributed by atoms with Gasteiger partial charge in [-0.05, 0) is 98.7 Å². The fourth-order valence-electron chi connectivity index (χ4n) is 3.87. The lowest BCUT2D eigenvalue weighted by molar-refractivity contribution is 0.0999. The summed E-state index contributed by atoms with van der Waals surface area (Å²) in [6.45, 7) is 3.80. The van der Waals surface area contributed by atoms with Gasteiger partial charge in [-0.1, -0.05) is 6.42 Å². The molecule has 1 saturated heterocycles. The Hall–Kier alpha value is -3.09. The normalized spacial score (nSPS) is 13.7. The summed E-state index contributed by atoms with van der Waals surface area (Å²) in [7, 11) is 0. The topological polar surface area (TPSA) is 53.0 Å². The molecule has 4 rings (SSSR count). The van der Waals surface area contributed by atoms with Crippen molar-refractivity contribution in [1.82, 2.24) is 4.90 Å². The first kappa shape index (κ1) is 24.6. The first-order valence-electron chi connectivity index (χ1n) is 10.9. The minimum Gasteiger partial charge on any atom is -0.508 e. The molecule has 7 heteroatoms. The van der Waals surface area contributed by atoms with Crippen LogP contribution in [0.2, 0.25) is 0 Å². The number of anilines is 2. The highest BCUT2D eigenvalue weighted by atomic mass is 35.5. The Morgan fingerprint density at radius 3 is 2.06 bits per heavy atom. The standard InChI is InChI=1S/C26H27FN2O3.ClH/c27-21-6-4-20(5-7-21)26(31)29(22-8-12-24(30)13-9-22)23-10-14-25(15-11-23)32-19-18-28-16-2-1-3-17-28;/h4-15,30H,1-3,16-19H2;1H. The quantitative estimate of drug-likeness (QED) is 0.474. The number of rotatable bonds is 7. The second-order valence-electron chi connectivity index (χ2n) is 7.91. The van der Waals surface area contributed by atoms with E-state index in [-0.39, 0.29) is 24.1 Å². The number of hydrogen-bond donors (Lipinski definition) is 1. The summed E-state index contributed by atoms with van der Waals surface area (Å²) in [5.74, 6) is 0.157. The molecule has 0 aliphatic carbocycles. The van der Waals surface area contributed by atoms with Crippen LogP contribution in [0.5, 0.6) is 11.5 Å². The molecule has 0 saturated carbocycles. The molecule has 0 aromatic heterocycles. The summed E-state index contributed by atoms with van der Waals surface area (Å²) in [6, 6.07) is 19.2. The Balaban J connectivity index is 0.00000306. The summed E-state index contributed by atoms with van der Waals surface area (Å²) in [5, 5.41) is 9.64. The van der Waals surface area contributed by atoms with E-state index in [0.29, 0.717) is 23.5 Å². The van der Waals surface area contributed by atoms with Gasteiger partial charge < -0.3 is 9.84 Å². The average molecular weight is 471 g/mol. The van der Waals surface area contributed by atoms with E-state index in [1.807, 2.05) is 24.3 Å². The molecule has 5 nitrogen and oxygen atoms in total. The minimum absolute atomic E-state index is 0. The average Bonchev–Trinajstić information content (AvgIpc) is 2.82. The summed E-state index contributed by atoms with van der Waals surface area (Å²) < 4.78 is 19.2. The van der Waals surface area contributed by atoms with E-state index in [9.17, 15) is 14.3 Å². The van der Waals surface area contributed by atoms with E-state index < -0.39 is 5.82 Å². The van der Waals surface area contributed by atoms with Gasteiger partial charge in [0.15, 0.2) is 0 Å². The summed E-state index contributed by atoms with van der Waals surface area (Å²) in [4.78, 5) is 17.2. The third kappa shape index (κ3) is 6.46. The predicted molar refractivity (Wildman–Crippen MR) is 130 cm³/mol. The number of aromatic hydroxyl groups is 1. The van der Waals surface area contributed by atoms with Crippen LogP contribution in [-0.4, -0.2) is 42.2 Å².